The van der Waals surface area contributed by atoms with E-state index in [-0.39, 0.29) is 5.41 Å². The first-order chi connectivity index (χ1) is 14.5. The van der Waals surface area contributed by atoms with E-state index in [0.29, 0.717) is 28.9 Å². The Morgan fingerprint density at radius 2 is 1.87 bits per heavy atom. The van der Waals surface area contributed by atoms with Gasteiger partial charge in [0.25, 0.3) is 0 Å². The van der Waals surface area contributed by atoms with E-state index in [4.69, 9.17) is 0 Å². The molecule has 0 aromatic rings. The maximum atomic E-state index is 11.0. The molecule has 0 saturated heterocycles. The summed E-state index contributed by atoms with van der Waals surface area (Å²) in [6.07, 6.45) is 12.0. The molecule has 0 amide bonds. The third-order valence-electron chi connectivity index (χ3n) is 9.60. The summed E-state index contributed by atoms with van der Waals surface area (Å²) in [6.45, 7) is 11.1. The first kappa shape index (κ1) is 23.9. The van der Waals surface area contributed by atoms with Crippen LogP contribution in [0.4, 0.5) is 0 Å². The van der Waals surface area contributed by atoms with Crippen molar-refractivity contribution >= 4 is 11.8 Å². The molecule has 4 aliphatic carbocycles. The van der Waals surface area contributed by atoms with E-state index in [1.165, 1.54) is 24.8 Å². The average molecular weight is 449 g/mol. The van der Waals surface area contributed by atoms with E-state index in [2.05, 4.69) is 44.7 Å². The molecule has 0 spiro atoms. The van der Waals surface area contributed by atoms with Crippen molar-refractivity contribution in [2.45, 2.75) is 109 Å². The van der Waals surface area contributed by atoms with E-state index in [1.807, 2.05) is 13.8 Å². The van der Waals surface area contributed by atoms with Crippen LogP contribution in [-0.2, 0) is 0 Å². The van der Waals surface area contributed by atoms with Crippen molar-refractivity contribution in [3.63, 3.8) is 0 Å². The Labute approximate surface area is 193 Å². The van der Waals surface area contributed by atoms with Gasteiger partial charge in [-0.25, -0.2) is 0 Å². The Morgan fingerprint density at radius 1 is 1.13 bits per heavy atom. The third kappa shape index (κ3) is 4.20. The van der Waals surface area contributed by atoms with Crippen LogP contribution in [0.2, 0.25) is 0 Å². The number of aliphatic hydroxyl groups is 3. The second kappa shape index (κ2) is 8.49. The molecule has 8 atom stereocenters. The fourth-order valence-corrected chi connectivity index (χ4v) is 9.11. The maximum Gasteiger partial charge on any atom is 0.0661 e. The summed E-state index contributed by atoms with van der Waals surface area (Å²) in [5, 5.41) is 31.9. The molecule has 3 nitrogen and oxygen atoms in total. The minimum absolute atomic E-state index is 0.194. The molecule has 4 rings (SSSR count). The van der Waals surface area contributed by atoms with Crippen molar-refractivity contribution in [1.29, 1.82) is 0 Å². The highest BCUT2D eigenvalue weighted by Crippen LogP contribution is 2.66. The summed E-state index contributed by atoms with van der Waals surface area (Å²) in [5.74, 6) is 2.93. The molecule has 0 aromatic carbocycles. The molecule has 0 bridgehead atoms. The van der Waals surface area contributed by atoms with Gasteiger partial charge >= 0.3 is 0 Å². The standard InChI is InChI=1S/C27H44O3S/c1-17(31-14-6-12-25(2,3)30)21-9-10-22-20-8-7-18-15-19(28)16-24(29)27(18,5)23(20)11-13-26(21,22)4/h7-8,17,19,21-24,28-30H,6,9-16H2,1-5H3/t17-,19-,21-,22+,23+,24+,26-,27+/m1/s1. The smallest absolute Gasteiger partial charge is 0.0661 e. The summed E-state index contributed by atoms with van der Waals surface area (Å²) >= 11 is 2.11. The normalized spacial score (nSPS) is 43.4. The molecule has 3 saturated carbocycles. The lowest BCUT2D eigenvalue weighted by molar-refractivity contribution is -0.0526. The predicted octanol–water partition coefficient (Wildman–Crippen LogP) is 5.49. The lowest BCUT2D eigenvalue weighted by Crippen LogP contribution is -2.52. The van der Waals surface area contributed by atoms with Crippen LogP contribution in [0.5, 0.6) is 0 Å². The summed E-state index contributed by atoms with van der Waals surface area (Å²) < 4.78 is 0. The van der Waals surface area contributed by atoms with E-state index in [9.17, 15) is 15.3 Å². The van der Waals surface area contributed by atoms with Crippen LogP contribution in [0.25, 0.3) is 0 Å². The van der Waals surface area contributed by atoms with Gasteiger partial charge in [-0.15, -0.1) is 0 Å². The van der Waals surface area contributed by atoms with Crippen molar-refractivity contribution in [2.75, 3.05) is 5.75 Å². The number of rotatable bonds is 6. The van der Waals surface area contributed by atoms with Crippen LogP contribution in [-0.4, -0.2) is 44.1 Å². The Hall–Kier alpha value is -0.290. The molecule has 0 radical (unpaired) electrons. The topological polar surface area (TPSA) is 60.7 Å². The van der Waals surface area contributed by atoms with Crippen LogP contribution in [0.1, 0.15) is 86.0 Å². The second-order valence-electron chi connectivity index (χ2n) is 12.1. The first-order valence-corrected chi connectivity index (χ1v) is 13.6. The summed E-state index contributed by atoms with van der Waals surface area (Å²) in [4.78, 5) is 0. The molecule has 4 aliphatic rings. The van der Waals surface area contributed by atoms with Crippen molar-refractivity contribution < 1.29 is 15.3 Å². The average Bonchev–Trinajstić information content (AvgIpc) is 3.03. The van der Waals surface area contributed by atoms with Crippen LogP contribution in [0.3, 0.4) is 0 Å². The first-order valence-electron chi connectivity index (χ1n) is 12.6. The summed E-state index contributed by atoms with van der Waals surface area (Å²) in [7, 11) is 0. The number of fused-ring (bicyclic) bond motifs is 5. The van der Waals surface area contributed by atoms with E-state index < -0.39 is 17.8 Å². The Balaban J connectivity index is 1.48. The highest BCUT2D eigenvalue weighted by Gasteiger charge is 2.58. The fraction of sp³-hybridized carbons (Fsp3) is 0.852. The van der Waals surface area contributed by atoms with Gasteiger partial charge in [0.05, 0.1) is 17.8 Å². The molecule has 31 heavy (non-hydrogen) atoms. The van der Waals surface area contributed by atoms with Crippen LogP contribution in [0.15, 0.2) is 23.3 Å². The van der Waals surface area contributed by atoms with Crippen LogP contribution in [0, 0.1) is 28.6 Å². The van der Waals surface area contributed by atoms with Gasteiger partial charge in [-0.2, -0.15) is 11.8 Å². The summed E-state index contributed by atoms with van der Waals surface area (Å²) in [5.41, 5.74) is 2.47. The quantitative estimate of drug-likeness (QED) is 0.470. The Bertz CT molecular complexity index is 737. The lowest BCUT2D eigenvalue weighted by atomic mass is 9.49. The van der Waals surface area contributed by atoms with Crippen LogP contribution < -0.4 is 0 Å². The molecule has 0 aliphatic heterocycles. The van der Waals surface area contributed by atoms with Crippen molar-refractivity contribution in [2.24, 2.45) is 28.6 Å². The van der Waals surface area contributed by atoms with Gasteiger partial charge in [0.1, 0.15) is 0 Å². The van der Waals surface area contributed by atoms with Crippen LogP contribution >= 0.6 is 11.8 Å². The molecule has 4 heteroatoms. The lowest BCUT2D eigenvalue weighted by Gasteiger charge is -2.56. The van der Waals surface area contributed by atoms with Crippen molar-refractivity contribution in [3.05, 3.63) is 23.3 Å². The fourth-order valence-electron chi connectivity index (χ4n) is 7.75. The van der Waals surface area contributed by atoms with Gasteiger partial charge in [0, 0.05) is 17.1 Å². The minimum atomic E-state index is -0.553. The molecular formula is C27H44O3S. The molecule has 0 aromatic heterocycles. The molecule has 176 valence electrons. The SMILES string of the molecule is C[C@@H](SCCCC(C)(C)O)[C@H]1CC[C@H]2C3=CC=C4C[C@@H](O)C[C@H](O)[C@]4(C)[C@H]3CC[C@]12C. The van der Waals surface area contributed by atoms with Gasteiger partial charge in [-0.1, -0.05) is 44.1 Å². The molecule has 3 fully saturated rings. The predicted molar refractivity (Wildman–Crippen MR) is 130 cm³/mol. The van der Waals surface area contributed by atoms with E-state index in [0.717, 1.165) is 37.4 Å². The van der Waals surface area contributed by atoms with Gasteiger partial charge in [-0.3, -0.25) is 0 Å². The maximum absolute atomic E-state index is 11.0. The number of hydrogen-bond donors (Lipinski definition) is 3. The monoisotopic (exact) mass is 448 g/mol. The molecule has 0 heterocycles. The van der Waals surface area contributed by atoms with Gasteiger partial charge in [0.15, 0.2) is 0 Å². The molecule has 0 unspecified atom stereocenters. The van der Waals surface area contributed by atoms with E-state index in [1.54, 1.807) is 5.57 Å². The number of allylic oxidation sites excluding steroid dienone is 3. The zero-order valence-electron chi connectivity index (χ0n) is 20.2. The highest BCUT2D eigenvalue weighted by molar-refractivity contribution is 7.99. The molecule has 3 N–H and O–H groups in total. The van der Waals surface area contributed by atoms with Gasteiger partial charge in [0.2, 0.25) is 0 Å². The largest absolute Gasteiger partial charge is 0.393 e. The highest BCUT2D eigenvalue weighted by atomic mass is 32.2. The summed E-state index contributed by atoms with van der Waals surface area (Å²) in [6, 6.07) is 0. The number of thioether (sulfide) groups is 1. The van der Waals surface area contributed by atoms with Gasteiger partial charge < -0.3 is 15.3 Å². The Kier molecular flexibility index (Phi) is 6.53. The van der Waals surface area contributed by atoms with E-state index >= 15 is 0 Å². The number of aliphatic hydroxyl groups excluding tert-OH is 2. The second-order valence-corrected chi connectivity index (χ2v) is 13.6. The zero-order valence-corrected chi connectivity index (χ0v) is 21.0. The Morgan fingerprint density at radius 3 is 2.58 bits per heavy atom. The third-order valence-corrected chi connectivity index (χ3v) is 11.0. The van der Waals surface area contributed by atoms with Gasteiger partial charge in [-0.05, 0) is 87.7 Å². The van der Waals surface area contributed by atoms with Crippen molar-refractivity contribution in [1.82, 2.24) is 0 Å². The molecular weight excluding hydrogens is 404 g/mol. The number of hydrogen-bond acceptors (Lipinski definition) is 4. The zero-order chi connectivity index (χ0) is 22.6. The minimum Gasteiger partial charge on any atom is -0.393 e. The van der Waals surface area contributed by atoms with Crippen molar-refractivity contribution in [3.8, 4) is 0 Å².